The summed E-state index contributed by atoms with van der Waals surface area (Å²) in [6.07, 6.45) is 2.59. The second-order valence-corrected chi connectivity index (χ2v) is 6.05. The van der Waals surface area contributed by atoms with Gasteiger partial charge in [-0.2, -0.15) is 0 Å². The van der Waals surface area contributed by atoms with Crippen molar-refractivity contribution >= 4 is 43.3 Å². The molecule has 0 N–H and O–H groups in total. The van der Waals surface area contributed by atoms with Crippen molar-refractivity contribution in [3.8, 4) is 0 Å². The molecule has 3 aromatic rings. The highest BCUT2D eigenvalue weighted by Crippen LogP contribution is 2.29. The Kier molecular flexibility index (Phi) is 4.35. The quantitative estimate of drug-likeness (QED) is 0.250. The summed E-state index contributed by atoms with van der Waals surface area (Å²) in [7, 11) is 0. The lowest BCUT2D eigenvalue weighted by Gasteiger charge is -2.09. The van der Waals surface area contributed by atoms with Crippen molar-refractivity contribution in [2.45, 2.75) is 19.3 Å². The highest BCUT2D eigenvalue weighted by Gasteiger charge is 2.12. The predicted molar refractivity (Wildman–Crippen MR) is 93.4 cm³/mol. The third-order valence-electron chi connectivity index (χ3n) is 3.86. The number of ketones is 1. The van der Waals surface area contributed by atoms with Gasteiger partial charge in [0.05, 0.1) is 0 Å². The first-order chi connectivity index (χ1) is 10.3. The Morgan fingerprint density at radius 3 is 2.29 bits per heavy atom. The van der Waals surface area contributed by atoms with E-state index in [9.17, 15) is 4.79 Å². The van der Waals surface area contributed by atoms with Crippen LogP contribution in [0.15, 0.2) is 54.6 Å². The number of benzene rings is 3. The Balaban J connectivity index is 2.14. The molecule has 0 radical (unpaired) electrons. The Morgan fingerprint density at radius 2 is 1.52 bits per heavy atom. The van der Waals surface area contributed by atoms with Crippen molar-refractivity contribution in [3.63, 3.8) is 0 Å². The van der Waals surface area contributed by atoms with E-state index in [0.717, 1.165) is 34.5 Å². The standard InChI is InChI=1S/C19H17BrO/c20-12-6-5-11-19(21)18-13-14-7-1-2-8-15(14)16-9-3-4-10-17(16)18/h1-4,7-10,13H,5-6,11-12H2. The molecule has 3 rings (SSSR count). The van der Waals surface area contributed by atoms with Crippen LogP contribution in [0.25, 0.3) is 21.5 Å². The van der Waals surface area contributed by atoms with Gasteiger partial charge in [-0.05, 0) is 40.5 Å². The predicted octanol–water partition coefficient (Wildman–Crippen LogP) is 5.74. The molecule has 0 aliphatic carbocycles. The average molecular weight is 341 g/mol. The van der Waals surface area contributed by atoms with E-state index in [1.165, 1.54) is 10.8 Å². The second kappa shape index (κ2) is 6.40. The topological polar surface area (TPSA) is 17.1 Å². The van der Waals surface area contributed by atoms with Gasteiger partial charge in [-0.25, -0.2) is 0 Å². The fourth-order valence-electron chi connectivity index (χ4n) is 2.80. The minimum absolute atomic E-state index is 0.248. The third-order valence-corrected chi connectivity index (χ3v) is 4.42. The van der Waals surface area contributed by atoms with Crippen LogP contribution in [0.4, 0.5) is 0 Å². The zero-order valence-corrected chi connectivity index (χ0v) is 13.4. The highest BCUT2D eigenvalue weighted by atomic mass is 79.9. The molecule has 0 saturated heterocycles. The zero-order chi connectivity index (χ0) is 14.7. The molecule has 1 nitrogen and oxygen atoms in total. The van der Waals surface area contributed by atoms with E-state index in [-0.39, 0.29) is 5.78 Å². The van der Waals surface area contributed by atoms with Crippen LogP contribution in [-0.2, 0) is 0 Å². The number of halogens is 1. The smallest absolute Gasteiger partial charge is 0.163 e. The summed E-state index contributed by atoms with van der Waals surface area (Å²) in [6, 6.07) is 18.5. The number of hydrogen-bond donors (Lipinski definition) is 0. The number of rotatable bonds is 5. The van der Waals surface area contributed by atoms with Crippen molar-refractivity contribution in [2.75, 3.05) is 5.33 Å². The van der Waals surface area contributed by atoms with Crippen LogP contribution in [0.5, 0.6) is 0 Å². The fraction of sp³-hybridized carbons (Fsp3) is 0.211. The lowest BCUT2D eigenvalue weighted by atomic mass is 9.94. The van der Waals surface area contributed by atoms with Gasteiger partial charge in [0.25, 0.3) is 0 Å². The van der Waals surface area contributed by atoms with Crippen LogP contribution in [0.2, 0.25) is 0 Å². The van der Waals surface area contributed by atoms with Gasteiger partial charge < -0.3 is 0 Å². The van der Waals surface area contributed by atoms with Crippen LogP contribution < -0.4 is 0 Å². The molecule has 106 valence electrons. The molecule has 0 bridgehead atoms. The summed E-state index contributed by atoms with van der Waals surface area (Å²) in [5.74, 6) is 0.248. The number of carbonyl (C=O) groups is 1. The van der Waals surface area contributed by atoms with Gasteiger partial charge in [-0.3, -0.25) is 4.79 Å². The molecule has 0 spiro atoms. The Morgan fingerprint density at radius 1 is 0.857 bits per heavy atom. The van der Waals surface area contributed by atoms with Gasteiger partial charge in [-0.15, -0.1) is 0 Å². The summed E-state index contributed by atoms with van der Waals surface area (Å²) in [6.45, 7) is 0. The average Bonchev–Trinajstić information content (AvgIpc) is 2.54. The number of alkyl halides is 1. The van der Waals surface area contributed by atoms with Crippen molar-refractivity contribution < 1.29 is 4.79 Å². The molecule has 0 fully saturated rings. The number of carbonyl (C=O) groups excluding carboxylic acids is 1. The Labute approximate surface area is 133 Å². The first-order valence-electron chi connectivity index (χ1n) is 7.31. The minimum Gasteiger partial charge on any atom is -0.294 e. The summed E-state index contributed by atoms with van der Waals surface area (Å²) in [5.41, 5.74) is 0.860. The minimum atomic E-state index is 0.248. The van der Waals surface area contributed by atoms with Gasteiger partial charge in [0.1, 0.15) is 0 Å². The third kappa shape index (κ3) is 2.86. The van der Waals surface area contributed by atoms with Gasteiger partial charge in [0.15, 0.2) is 5.78 Å². The van der Waals surface area contributed by atoms with Crippen LogP contribution in [0.3, 0.4) is 0 Å². The van der Waals surface area contributed by atoms with E-state index >= 15 is 0 Å². The summed E-state index contributed by atoms with van der Waals surface area (Å²) < 4.78 is 0. The molecular weight excluding hydrogens is 324 g/mol. The fourth-order valence-corrected chi connectivity index (χ4v) is 3.20. The largest absolute Gasteiger partial charge is 0.294 e. The molecule has 0 amide bonds. The van der Waals surface area contributed by atoms with Crippen LogP contribution in [0.1, 0.15) is 29.6 Å². The summed E-state index contributed by atoms with van der Waals surface area (Å²) >= 11 is 3.42. The molecular formula is C19H17BrO. The first kappa shape index (κ1) is 14.3. The Bertz CT molecular complexity index is 792. The van der Waals surface area contributed by atoms with Crippen molar-refractivity contribution in [3.05, 3.63) is 60.2 Å². The lowest BCUT2D eigenvalue weighted by Crippen LogP contribution is -2.00. The molecule has 0 aliphatic heterocycles. The maximum Gasteiger partial charge on any atom is 0.163 e. The SMILES string of the molecule is O=C(CCCCBr)c1cc2ccccc2c2ccccc12. The number of Topliss-reactive ketones (excluding diaryl/α,β-unsaturated/α-hetero) is 1. The van der Waals surface area contributed by atoms with Crippen molar-refractivity contribution in [1.82, 2.24) is 0 Å². The molecule has 0 aromatic heterocycles. The van der Waals surface area contributed by atoms with E-state index in [1.807, 2.05) is 30.3 Å². The van der Waals surface area contributed by atoms with E-state index in [2.05, 4.69) is 40.2 Å². The molecule has 0 atom stereocenters. The van der Waals surface area contributed by atoms with E-state index in [4.69, 9.17) is 0 Å². The van der Waals surface area contributed by atoms with Gasteiger partial charge in [0.2, 0.25) is 0 Å². The maximum atomic E-state index is 12.6. The van der Waals surface area contributed by atoms with Gasteiger partial charge >= 0.3 is 0 Å². The van der Waals surface area contributed by atoms with Gasteiger partial charge in [0, 0.05) is 17.3 Å². The normalized spacial score (nSPS) is 11.1. The van der Waals surface area contributed by atoms with Crippen LogP contribution in [0, 0.1) is 0 Å². The zero-order valence-electron chi connectivity index (χ0n) is 11.8. The number of hydrogen-bond acceptors (Lipinski definition) is 1. The molecule has 2 heteroatoms. The molecule has 21 heavy (non-hydrogen) atoms. The summed E-state index contributed by atoms with van der Waals surface area (Å²) in [4.78, 5) is 12.6. The molecule has 0 aliphatic rings. The monoisotopic (exact) mass is 340 g/mol. The van der Waals surface area contributed by atoms with Crippen LogP contribution >= 0.6 is 15.9 Å². The van der Waals surface area contributed by atoms with E-state index in [0.29, 0.717) is 6.42 Å². The van der Waals surface area contributed by atoms with Crippen molar-refractivity contribution in [1.29, 1.82) is 0 Å². The second-order valence-electron chi connectivity index (χ2n) is 5.26. The lowest BCUT2D eigenvalue weighted by molar-refractivity contribution is 0.0981. The van der Waals surface area contributed by atoms with Crippen LogP contribution in [-0.4, -0.2) is 11.1 Å². The molecule has 0 unspecified atom stereocenters. The summed E-state index contributed by atoms with van der Waals surface area (Å²) in [5, 5.41) is 5.54. The Hall–Kier alpha value is -1.67. The van der Waals surface area contributed by atoms with E-state index < -0.39 is 0 Å². The molecule has 0 saturated carbocycles. The van der Waals surface area contributed by atoms with Gasteiger partial charge in [-0.1, -0.05) is 64.5 Å². The number of fused-ring (bicyclic) bond motifs is 3. The number of unbranched alkanes of at least 4 members (excludes halogenated alkanes) is 1. The highest BCUT2D eigenvalue weighted by molar-refractivity contribution is 9.09. The van der Waals surface area contributed by atoms with Crippen molar-refractivity contribution in [2.24, 2.45) is 0 Å². The van der Waals surface area contributed by atoms with E-state index in [1.54, 1.807) is 0 Å². The maximum absolute atomic E-state index is 12.6. The molecule has 0 heterocycles. The molecule has 3 aromatic carbocycles. The first-order valence-corrected chi connectivity index (χ1v) is 8.43.